The number of urea groups is 1. The summed E-state index contributed by atoms with van der Waals surface area (Å²) < 4.78 is 1.81. The van der Waals surface area contributed by atoms with Crippen molar-refractivity contribution in [2.24, 2.45) is 13.0 Å². The van der Waals surface area contributed by atoms with Crippen LogP contribution in [-0.2, 0) is 7.05 Å². The van der Waals surface area contributed by atoms with Crippen LogP contribution in [0.3, 0.4) is 0 Å². The molecule has 1 aliphatic heterocycles. The van der Waals surface area contributed by atoms with Crippen molar-refractivity contribution in [1.29, 1.82) is 0 Å². The second kappa shape index (κ2) is 6.69. The minimum atomic E-state index is -0.154. The summed E-state index contributed by atoms with van der Waals surface area (Å²) in [7, 11) is 1.86. The van der Waals surface area contributed by atoms with Gasteiger partial charge >= 0.3 is 6.03 Å². The molecular weight excluding hydrogens is 256 g/mol. The van der Waals surface area contributed by atoms with Crippen molar-refractivity contribution in [3.8, 4) is 0 Å². The van der Waals surface area contributed by atoms with Gasteiger partial charge in [0, 0.05) is 20.1 Å². The van der Waals surface area contributed by atoms with Crippen LogP contribution < -0.4 is 10.6 Å². The normalized spacial score (nSPS) is 20.9. The van der Waals surface area contributed by atoms with Gasteiger partial charge in [-0.3, -0.25) is 0 Å². The highest BCUT2D eigenvalue weighted by Crippen LogP contribution is 2.14. The van der Waals surface area contributed by atoms with Crippen LogP contribution in [0.4, 0.5) is 4.79 Å². The van der Waals surface area contributed by atoms with E-state index in [4.69, 9.17) is 0 Å². The Morgan fingerprint density at radius 3 is 3.00 bits per heavy atom. The summed E-state index contributed by atoms with van der Waals surface area (Å²) >= 11 is 0. The Labute approximate surface area is 119 Å². The smallest absolute Gasteiger partial charge is 0.315 e. The SMILES string of the molecule is CCN1CCC(CNC(=O)NC(C)c2nncn2C)C1. The lowest BCUT2D eigenvalue weighted by Crippen LogP contribution is -2.40. The van der Waals surface area contributed by atoms with Gasteiger partial charge < -0.3 is 20.1 Å². The van der Waals surface area contributed by atoms with Gasteiger partial charge in [-0.2, -0.15) is 0 Å². The summed E-state index contributed by atoms with van der Waals surface area (Å²) in [6.07, 6.45) is 2.79. The summed E-state index contributed by atoms with van der Waals surface area (Å²) in [4.78, 5) is 14.3. The van der Waals surface area contributed by atoms with E-state index in [0.717, 1.165) is 38.4 Å². The van der Waals surface area contributed by atoms with Gasteiger partial charge in [0.05, 0.1) is 6.04 Å². The van der Waals surface area contributed by atoms with Crippen molar-refractivity contribution in [3.63, 3.8) is 0 Å². The number of nitrogens with one attached hydrogen (secondary N) is 2. The zero-order valence-corrected chi connectivity index (χ0v) is 12.5. The third-order valence-electron chi connectivity index (χ3n) is 3.85. The molecule has 20 heavy (non-hydrogen) atoms. The van der Waals surface area contributed by atoms with Crippen LogP contribution in [0.15, 0.2) is 6.33 Å². The number of likely N-dealkylation sites (tertiary alicyclic amines) is 1. The van der Waals surface area contributed by atoms with Crippen molar-refractivity contribution >= 4 is 6.03 Å². The lowest BCUT2D eigenvalue weighted by Gasteiger charge is -2.16. The molecule has 2 N–H and O–H groups in total. The van der Waals surface area contributed by atoms with E-state index < -0.39 is 0 Å². The quantitative estimate of drug-likeness (QED) is 0.824. The fourth-order valence-electron chi connectivity index (χ4n) is 2.60. The van der Waals surface area contributed by atoms with Crippen LogP contribution in [0.2, 0.25) is 0 Å². The Morgan fingerprint density at radius 2 is 2.40 bits per heavy atom. The highest BCUT2D eigenvalue weighted by molar-refractivity contribution is 5.74. The van der Waals surface area contributed by atoms with Crippen molar-refractivity contribution in [2.75, 3.05) is 26.2 Å². The summed E-state index contributed by atoms with van der Waals surface area (Å²) in [5, 5.41) is 13.6. The maximum absolute atomic E-state index is 11.9. The largest absolute Gasteiger partial charge is 0.338 e. The van der Waals surface area contributed by atoms with Crippen LogP contribution in [0.5, 0.6) is 0 Å². The molecule has 2 atom stereocenters. The number of amides is 2. The van der Waals surface area contributed by atoms with Crippen molar-refractivity contribution < 1.29 is 4.79 Å². The number of rotatable bonds is 5. The van der Waals surface area contributed by atoms with E-state index in [1.165, 1.54) is 0 Å². The Balaban J connectivity index is 1.72. The van der Waals surface area contributed by atoms with Crippen LogP contribution in [0, 0.1) is 5.92 Å². The van der Waals surface area contributed by atoms with Crippen LogP contribution in [0.1, 0.15) is 32.1 Å². The van der Waals surface area contributed by atoms with E-state index >= 15 is 0 Å². The van der Waals surface area contributed by atoms with E-state index in [2.05, 4.69) is 32.7 Å². The zero-order chi connectivity index (χ0) is 14.5. The molecule has 1 aliphatic rings. The standard InChI is InChI=1S/C13H24N6O/c1-4-19-6-5-11(8-19)7-14-13(20)16-10(2)12-17-15-9-18(12)3/h9-11H,4-8H2,1-3H3,(H2,14,16,20). The van der Waals surface area contributed by atoms with Gasteiger partial charge in [0.15, 0.2) is 5.82 Å². The highest BCUT2D eigenvalue weighted by Gasteiger charge is 2.22. The summed E-state index contributed by atoms with van der Waals surface area (Å²) in [6, 6.07) is -0.298. The molecule has 2 rings (SSSR count). The van der Waals surface area contributed by atoms with Crippen LogP contribution in [0.25, 0.3) is 0 Å². The Kier molecular flexibility index (Phi) is 4.94. The van der Waals surface area contributed by atoms with Gasteiger partial charge in [0.2, 0.25) is 0 Å². The minimum Gasteiger partial charge on any atom is -0.338 e. The Hall–Kier alpha value is -1.63. The Morgan fingerprint density at radius 1 is 1.60 bits per heavy atom. The topological polar surface area (TPSA) is 75.1 Å². The third-order valence-corrected chi connectivity index (χ3v) is 3.85. The maximum atomic E-state index is 11.9. The molecule has 2 amide bonds. The molecule has 112 valence electrons. The number of aromatic nitrogens is 3. The monoisotopic (exact) mass is 280 g/mol. The average molecular weight is 280 g/mol. The second-order valence-electron chi connectivity index (χ2n) is 5.42. The molecule has 7 heteroatoms. The molecule has 0 bridgehead atoms. The van der Waals surface area contributed by atoms with Crippen LogP contribution >= 0.6 is 0 Å². The number of hydrogen-bond acceptors (Lipinski definition) is 4. The summed E-state index contributed by atoms with van der Waals surface area (Å²) in [5.41, 5.74) is 0. The number of nitrogens with zero attached hydrogens (tertiary/aromatic N) is 4. The second-order valence-corrected chi connectivity index (χ2v) is 5.42. The van der Waals surface area contributed by atoms with E-state index in [1.54, 1.807) is 10.9 Å². The first-order chi connectivity index (χ1) is 9.60. The minimum absolute atomic E-state index is 0.143. The van der Waals surface area contributed by atoms with Gasteiger partial charge in [-0.05, 0) is 32.4 Å². The van der Waals surface area contributed by atoms with Gasteiger partial charge in [0.1, 0.15) is 6.33 Å². The fraction of sp³-hybridized carbons (Fsp3) is 0.769. The maximum Gasteiger partial charge on any atom is 0.315 e. The van der Waals surface area contributed by atoms with E-state index in [-0.39, 0.29) is 12.1 Å². The zero-order valence-electron chi connectivity index (χ0n) is 12.5. The molecule has 7 nitrogen and oxygen atoms in total. The van der Waals surface area contributed by atoms with Crippen molar-refractivity contribution in [2.45, 2.75) is 26.3 Å². The molecule has 1 aromatic rings. The average Bonchev–Trinajstić information content (AvgIpc) is 3.04. The lowest BCUT2D eigenvalue weighted by atomic mass is 10.1. The number of carbonyl (C=O) groups is 1. The number of aryl methyl sites for hydroxylation is 1. The summed E-state index contributed by atoms with van der Waals surface area (Å²) in [5.74, 6) is 1.31. The predicted octanol–water partition coefficient (Wildman–Crippen LogP) is 0.517. The highest BCUT2D eigenvalue weighted by atomic mass is 16.2. The fourth-order valence-corrected chi connectivity index (χ4v) is 2.60. The Bertz CT molecular complexity index is 446. The van der Waals surface area contributed by atoms with Gasteiger partial charge in [-0.25, -0.2) is 4.79 Å². The first-order valence-corrected chi connectivity index (χ1v) is 7.20. The predicted molar refractivity (Wildman–Crippen MR) is 76.2 cm³/mol. The first kappa shape index (κ1) is 14.8. The van der Waals surface area contributed by atoms with E-state index in [9.17, 15) is 4.79 Å². The molecule has 1 aromatic heterocycles. The first-order valence-electron chi connectivity index (χ1n) is 7.20. The third kappa shape index (κ3) is 3.69. The molecule has 0 aromatic carbocycles. The summed E-state index contributed by atoms with van der Waals surface area (Å²) in [6.45, 7) is 8.11. The number of hydrogen-bond donors (Lipinski definition) is 2. The molecule has 1 saturated heterocycles. The molecule has 0 spiro atoms. The van der Waals surface area contributed by atoms with E-state index in [1.807, 2.05) is 14.0 Å². The van der Waals surface area contributed by atoms with Gasteiger partial charge in [-0.1, -0.05) is 6.92 Å². The van der Waals surface area contributed by atoms with Crippen molar-refractivity contribution in [1.82, 2.24) is 30.3 Å². The molecule has 0 radical (unpaired) electrons. The molecule has 0 aliphatic carbocycles. The lowest BCUT2D eigenvalue weighted by molar-refractivity contribution is 0.235. The van der Waals surface area contributed by atoms with Gasteiger partial charge in [0.25, 0.3) is 0 Å². The molecular formula is C13H24N6O. The van der Waals surface area contributed by atoms with Gasteiger partial charge in [-0.15, -0.1) is 10.2 Å². The van der Waals surface area contributed by atoms with Crippen molar-refractivity contribution in [3.05, 3.63) is 12.2 Å². The molecule has 2 unspecified atom stereocenters. The van der Waals surface area contributed by atoms with Crippen LogP contribution in [-0.4, -0.2) is 51.9 Å². The van der Waals surface area contributed by atoms with E-state index in [0.29, 0.717) is 5.92 Å². The molecule has 1 fully saturated rings. The number of carbonyl (C=O) groups excluding carboxylic acids is 1. The molecule has 0 saturated carbocycles. The molecule has 2 heterocycles.